The van der Waals surface area contributed by atoms with Crippen molar-refractivity contribution in [2.75, 3.05) is 6.54 Å². The molecule has 0 aliphatic heterocycles. The molecule has 0 aromatic carbocycles. The van der Waals surface area contributed by atoms with Crippen LogP contribution >= 0.6 is 11.3 Å². The molecule has 2 rings (SSSR count). The molecule has 1 aromatic heterocycles. The Morgan fingerprint density at radius 3 is 3.11 bits per heavy atom. The summed E-state index contributed by atoms with van der Waals surface area (Å²) in [6.07, 6.45) is 5.77. The van der Waals surface area contributed by atoms with E-state index in [1.54, 1.807) is 11.3 Å². The van der Waals surface area contributed by atoms with Gasteiger partial charge in [-0.05, 0) is 45.1 Å². The van der Waals surface area contributed by atoms with E-state index >= 15 is 0 Å². The molecule has 1 aliphatic rings. The van der Waals surface area contributed by atoms with E-state index in [0.29, 0.717) is 24.9 Å². The summed E-state index contributed by atoms with van der Waals surface area (Å²) in [6, 6.07) is 0.305. The molecule has 19 heavy (non-hydrogen) atoms. The van der Waals surface area contributed by atoms with Gasteiger partial charge in [-0.3, -0.25) is 4.79 Å². The van der Waals surface area contributed by atoms with Gasteiger partial charge in [0.2, 0.25) is 5.91 Å². The molecule has 0 saturated heterocycles. The summed E-state index contributed by atoms with van der Waals surface area (Å²) in [4.78, 5) is 16.3. The molecule has 2 atom stereocenters. The molecule has 1 aromatic rings. The molecule has 0 spiro atoms. The van der Waals surface area contributed by atoms with E-state index < -0.39 is 0 Å². The Morgan fingerprint density at radius 1 is 1.58 bits per heavy atom. The number of nitrogens with zero attached hydrogens (tertiary/aromatic N) is 1. The van der Waals surface area contributed by atoms with E-state index in [9.17, 15) is 4.79 Å². The third-order valence-electron chi connectivity index (χ3n) is 3.81. The van der Waals surface area contributed by atoms with Gasteiger partial charge in [0.05, 0.1) is 10.7 Å². The molecular formula is C14H23N3OS. The molecule has 5 heteroatoms. The van der Waals surface area contributed by atoms with Crippen LogP contribution in [0.3, 0.4) is 0 Å². The van der Waals surface area contributed by atoms with E-state index in [4.69, 9.17) is 5.73 Å². The van der Waals surface area contributed by atoms with Crippen LogP contribution in [-0.2, 0) is 11.2 Å². The number of aromatic nitrogens is 1. The van der Waals surface area contributed by atoms with Crippen LogP contribution in [0.4, 0.5) is 0 Å². The largest absolute Gasteiger partial charge is 0.353 e. The number of carbonyl (C=O) groups is 1. The molecule has 1 heterocycles. The first kappa shape index (κ1) is 14.5. The fourth-order valence-corrected chi connectivity index (χ4v) is 3.39. The number of nitrogens with two attached hydrogens (primary N) is 1. The normalized spacial score (nSPS) is 22.6. The Labute approximate surface area is 118 Å². The van der Waals surface area contributed by atoms with Gasteiger partial charge in [0.15, 0.2) is 0 Å². The van der Waals surface area contributed by atoms with Gasteiger partial charge in [0, 0.05) is 17.8 Å². The fraction of sp³-hybridized carbons (Fsp3) is 0.714. The second-order valence-corrected chi connectivity index (χ2v) is 6.37. The van der Waals surface area contributed by atoms with Crippen LogP contribution in [-0.4, -0.2) is 23.5 Å². The van der Waals surface area contributed by atoms with Crippen molar-refractivity contribution in [2.24, 2.45) is 11.7 Å². The highest BCUT2D eigenvalue weighted by Crippen LogP contribution is 2.24. The monoisotopic (exact) mass is 281 g/mol. The SMILES string of the molecule is Cc1nc(CCCC(=O)NC2CCCC2CN)cs1. The van der Waals surface area contributed by atoms with Gasteiger partial charge < -0.3 is 11.1 Å². The highest BCUT2D eigenvalue weighted by Gasteiger charge is 2.26. The minimum Gasteiger partial charge on any atom is -0.353 e. The van der Waals surface area contributed by atoms with Gasteiger partial charge in [-0.25, -0.2) is 4.98 Å². The summed E-state index contributed by atoms with van der Waals surface area (Å²) in [5.41, 5.74) is 6.83. The molecule has 106 valence electrons. The van der Waals surface area contributed by atoms with Gasteiger partial charge in [-0.2, -0.15) is 0 Å². The molecule has 1 saturated carbocycles. The number of amides is 1. The summed E-state index contributed by atoms with van der Waals surface area (Å²) < 4.78 is 0. The summed E-state index contributed by atoms with van der Waals surface area (Å²) in [5, 5.41) is 6.31. The number of thiazole rings is 1. The Hall–Kier alpha value is -0.940. The molecule has 1 aliphatic carbocycles. The van der Waals surface area contributed by atoms with Crippen molar-refractivity contribution in [3.05, 3.63) is 16.1 Å². The molecule has 3 N–H and O–H groups in total. The summed E-state index contributed by atoms with van der Waals surface area (Å²) in [5.74, 6) is 0.641. The molecule has 4 nitrogen and oxygen atoms in total. The topological polar surface area (TPSA) is 68.0 Å². The highest BCUT2D eigenvalue weighted by molar-refractivity contribution is 7.09. The van der Waals surface area contributed by atoms with Crippen LogP contribution in [0.15, 0.2) is 5.38 Å². The first-order valence-corrected chi connectivity index (χ1v) is 7.97. The standard InChI is InChI=1S/C14H23N3OS/c1-10-16-12(9-19-10)5-3-7-14(18)17-13-6-2-4-11(13)8-15/h9,11,13H,2-8,15H2,1H3,(H,17,18). The van der Waals surface area contributed by atoms with Crippen LogP contribution in [0, 0.1) is 12.8 Å². The zero-order valence-electron chi connectivity index (χ0n) is 11.5. The van der Waals surface area contributed by atoms with Crippen LogP contribution in [0.2, 0.25) is 0 Å². The maximum absolute atomic E-state index is 11.9. The highest BCUT2D eigenvalue weighted by atomic mass is 32.1. The lowest BCUT2D eigenvalue weighted by Crippen LogP contribution is -2.39. The van der Waals surface area contributed by atoms with Gasteiger partial charge in [-0.1, -0.05) is 6.42 Å². The minimum absolute atomic E-state index is 0.164. The van der Waals surface area contributed by atoms with Crippen molar-refractivity contribution in [2.45, 2.75) is 51.5 Å². The van der Waals surface area contributed by atoms with Crippen LogP contribution in [0.1, 0.15) is 42.8 Å². The molecule has 2 unspecified atom stereocenters. The first-order chi connectivity index (χ1) is 9.19. The second kappa shape index (κ2) is 7.01. The summed E-state index contributed by atoms with van der Waals surface area (Å²) in [6.45, 7) is 2.69. The average molecular weight is 281 g/mol. The number of hydrogen-bond acceptors (Lipinski definition) is 4. The van der Waals surface area contributed by atoms with Crippen molar-refractivity contribution >= 4 is 17.2 Å². The number of aryl methyl sites for hydroxylation is 2. The quantitative estimate of drug-likeness (QED) is 0.838. The van der Waals surface area contributed by atoms with Crippen molar-refractivity contribution in [3.63, 3.8) is 0 Å². The first-order valence-electron chi connectivity index (χ1n) is 7.09. The van der Waals surface area contributed by atoms with Crippen LogP contribution in [0.25, 0.3) is 0 Å². The van der Waals surface area contributed by atoms with E-state index in [1.807, 2.05) is 6.92 Å². The van der Waals surface area contributed by atoms with Crippen LogP contribution in [0.5, 0.6) is 0 Å². The maximum Gasteiger partial charge on any atom is 0.220 e. The van der Waals surface area contributed by atoms with Gasteiger partial charge in [0.25, 0.3) is 0 Å². The Balaban J connectivity index is 1.67. The Bertz CT molecular complexity index is 419. The lowest BCUT2D eigenvalue weighted by molar-refractivity contribution is -0.122. The summed E-state index contributed by atoms with van der Waals surface area (Å²) >= 11 is 1.67. The van der Waals surface area contributed by atoms with E-state index in [2.05, 4.69) is 15.7 Å². The second-order valence-electron chi connectivity index (χ2n) is 5.31. The van der Waals surface area contributed by atoms with E-state index in [0.717, 1.165) is 36.4 Å². The minimum atomic E-state index is 0.164. The van der Waals surface area contributed by atoms with Crippen LogP contribution < -0.4 is 11.1 Å². The smallest absolute Gasteiger partial charge is 0.220 e. The van der Waals surface area contributed by atoms with Crippen molar-refractivity contribution < 1.29 is 4.79 Å². The number of hydrogen-bond donors (Lipinski definition) is 2. The average Bonchev–Trinajstić information content (AvgIpc) is 2.98. The van der Waals surface area contributed by atoms with Gasteiger partial charge in [-0.15, -0.1) is 11.3 Å². The van der Waals surface area contributed by atoms with Crippen molar-refractivity contribution in [1.82, 2.24) is 10.3 Å². The van der Waals surface area contributed by atoms with Gasteiger partial charge >= 0.3 is 0 Å². The maximum atomic E-state index is 11.9. The molecule has 0 bridgehead atoms. The van der Waals surface area contributed by atoms with E-state index in [-0.39, 0.29) is 5.91 Å². The zero-order chi connectivity index (χ0) is 13.7. The molecule has 1 fully saturated rings. The van der Waals surface area contributed by atoms with Crippen molar-refractivity contribution in [3.8, 4) is 0 Å². The molecular weight excluding hydrogens is 258 g/mol. The number of nitrogens with one attached hydrogen (secondary N) is 1. The Kier molecular flexibility index (Phi) is 5.34. The zero-order valence-corrected chi connectivity index (χ0v) is 12.3. The fourth-order valence-electron chi connectivity index (χ4n) is 2.74. The lowest BCUT2D eigenvalue weighted by atomic mass is 10.0. The van der Waals surface area contributed by atoms with Crippen molar-refractivity contribution in [1.29, 1.82) is 0 Å². The Morgan fingerprint density at radius 2 is 2.42 bits per heavy atom. The number of carbonyl (C=O) groups excluding carboxylic acids is 1. The number of rotatable bonds is 6. The van der Waals surface area contributed by atoms with E-state index in [1.165, 1.54) is 6.42 Å². The third kappa shape index (κ3) is 4.28. The third-order valence-corrected chi connectivity index (χ3v) is 4.63. The molecule has 0 radical (unpaired) electrons. The molecule has 1 amide bonds. The summed E-state index contributed by atoms with van der Waals surface area (Å²) in [7, 11) is 0. The predicted molar refractivity (Wildman–Crippen MR) is 78.1 cm³/mol. The van der Waals surface area contributed by atoms with Gasteiger partial charge in [0.1, 0.15) is 0 Å². The lowest BCUT2D eigenvalue weighted by Gasteiger charge is -2.19. The predicted octanol–water partition coefficient (Wildman–Crippen LogP) is 2.02.